The Morgan fingerprint density at radius 3 is 2.81 bits per heavy atom. The van der Waals surface area contributed by atoms with Crippen molar-refractivity contribution in [2.45, 2.75) is 31.2 Å². The molecule has 0 saturated carbocycles. The molecule has 0 N–H and O–H groups in total. The van der Waals surface area contributed by atoms with Gasteiger partial charge in [0.25, 0.3) is 0 Å². The molecule has 0 saturated heterocycles. The van der Waals surface area contributed by atoms with Crippen molar-refractivity contribution in [3.8, 4) is 5.75 Å². The van der Waals surface area contributed by atoms with E-state index in [0.29, 0.717) is 12.0 Å². The number of ether oxygens (including phenoxy) is 1. The molecule has 2 unspecified atom stereocenters. The van der Waals surface area contributed by atoms with E-state index in [0.717, 1.165) is 29.4 Å². The van der Waals surface area contributed by atoms with Gasteiger partial charge in [-0.3, -0.25) is 0 Å². The molecule has 21 heavy (non-hydrogen) atoms. The highest BCUT2D eigenvalue weighted by atomic mass is 35.5. The predicted molar refractivity (Wildman–Crippen MR) is 78.9 cm³/mol. The lowest BCUT2D eigenvalue weighted by Gasteiger charge is -2.12. The van der Waals surface area contributed by atoms with Gasteiger partial charge in [0.05, 0.1) is 5.38 Å². The molecule has 1 aliphatic rings. The molecule has 2 aromatic carbocycles. The van der Waals surface area contributed by atoms with E-state index in [1.54, 1.807) is 0 Å². The minimum Gasteiger partial charge on any atom is -0.490 e. The number of alkyl halides is 1. The summed E-state index contributed by atoms with van der Waals surface area (Å²) < 4.78 is 32.2. The van der Waals surface area contributed by atoms with Crippen LogP contribution in [0.25, 0.3) is 0 Å². The first-order valence-corrected chi connectivity index (χ1v) is 7.34. The van der Waals surface area contributed by atoms with Crippen LogP contribution in [0.4, 0.5) is 8.78 Å². The van der Waals surface area contributed by atoms with Crippen molar-refractivity contribution in [3.05, 3.63) is 64.7 Å². The topological polar surface area (TPSA) is 9.23 Å². The van der Waals surface area contributed by atoms with Gasteiger partial charge in [-0.1, -0.05) is 18.2 Å². The SMILES string of the molecule is CC1Cc2cc(C(Cl)Cc3ccc(F)cc3F)ccc2O1. The fraction of sp³-hybridized carbons (Fsp3) is 0.294. The molecule has 2 aromatic rings. The Labute approximate surface area is 127 Å². The van der Waals surface area contributed by atoms with E-state index >= 15 is 0 Å². The molecule has 4 heteroatoms. The summed E-state index contributed by atoms with van der Waals surface area (Å²) in [5.74, 6) is -0.243. The molecule has 0 fully saturated rings. The second-order valence-electron chi connectivity index (χ2n) is 5.41. The van der Waals surface area contributed by atoms with Gasteiger partial charge in [0, 0.05) is 12.5 Å². The monoisotopic (exact) mass is 308 g/mol. The Morgan fingerprint density at radius 1 is 1.24 bits per heavy atom. The average molecular weight is 309 g/mol. The van der Waals surface area contributed by atoms with Gasteiger partial charge >= 0.3 is 0 Å². The summed E-state index contributed by atoms with van der Waals surface area (Å²) in [4.78, 5) is 0. The average Bonchev–Trinajstić information content (AvgIpc) is 2.80. The highest BCUT2D eigenvalue weighted by Gasteiger charge is 2.21. The lowest BCUT2D eigenvalue weighted by Crippen LogP contribution is -2.05. The molecule has 0 aliphatic carbocycles. The van der Waals surface area contributed by atoms with Crippen molar-refractivity contribution in [2.75, 3.05) is 0 Å². The normalized spacial score (nSPS) is 18.2. The summed E-state index contributed by atoms with van der Waals surface area (Å²) in [6.07, 6.45) is 1.36. The van der Waals surface area contributed by atoms with Crippen LogP contribution in [0.1, 0.15) is 29.0 Å². The van der Waals surface area contributed by atoms with Crippen LogP contribution in [-0.2, 0) is 12.8 Å². The second-order valence-corrected chi connectivity index (χ2v) is 5.93. The zero-order valence-electron chi connectivity index (χ0n) is 11.6. The quantitative estimate of drug-likeness (QED) is 0.739. The molecule has 1 heterocycles. The molecule has 0 aromatic heterocycles. The Hall–Kier alpha value is -1.61. The zero-order valence-corrected chi connectivity index (χ0v) is 12.3. The lowest BCUT2D eigenvalue weighted by molar-refractivity contribution is 0.254. The van der Waals surface area contributed by atoms with Crippen molar-refractivity contribution in [3.63, 3.8) is 0 Å². The number of rotatable bonds is 3. The first-order valence-electron chi connectivity index (χ1n) is 6.90. The van der Waals surface area contributed by atoms with E-state index in [9.17, 15) is 8.78 Å². The molecule has 0 amide bonds. The van der Waals surface area contributed by atoms with Gasteiger partial charge in [-0.2, -0.15) is 0 Å². The van der Waals surface area contributed by atoms with E-state index in [2.05, 4.69) is 0 Å². The van der Waals surface area contributed by atoms with Crippen molar-refractivity contribution in [1.29, 1.82) is 0 Å². The Balaban J connectivity index is 1.79. The Bertz CT molecular complexity index is 672. The minimum atomic E-state index is -0.578. The van der Waals surface area contributed by atoms with Crippen molar-refractivity contribution >= 4 is 11.6 Å². The van der Waals surface area contributed by atoms with Crippen LogP contribution in [-0.4, -0.2) is 6.10 Å². The molecular weight excluding hydrogens is 294 g/mol. The summed E-state index contributed by atoms with van der Waals surface area (Å²) in [6, 6.07) is 9.40. The van der Waals surface area contributed by atoms with Crippen LogP contribution in [0.15, 0.2) is 36.4 Å². The van der Waals surface area contributed by atoms with Gasteiger partial charge in [-0.05, 0) is 42.2 Å². The molecule has 2 atom stereocenters. The van der Waals surface area contributed by atoms with E-state index in [1.165, 1.54) is 12.1 Å². The predicted octanol–water partition coefficient (Wildman–Crippen LogP) is 4.81. The summed E-state index contributed by atoms with van der Waals surface area (Å²) in [5, 5.41) is -0.355. The largest absolute Gasteiger partial charge is 0.490 e. The first kappa shape index (κ1) is 14.3. The fourth-order valence-corrected chi connectivity index (χ4v) is 2.94. The van der Waals surface area contributed by atoms with Gasteiger partial charge in [-0.15, -0.1) is 11.6 Å². The van der Waals surface area contributed by atoms with Crippen LogP contribution in [0.2, 0.25) is 0 Å². The third-order valence-corrected chi connectivity index (χ3v) is 4.10. The third-order valence-electron chi connectivity index (χ3n) is 3.70. The van der Waals surface area contributed by atoms with Crippen LogP contribution < -0.4 is 4.74 Å². The van der Waals surface area contributed by atoms with Gasteiger partial charge in [-0.25, -0.2) is 8.78 Å². The maximum atomic E-state index is 13.7. The van der Waals surface area contributed by atoms with Crippen molar-refractivity contribution in [1.82, 2.24) is 0 Å². The molecule has 0 bridgehead atoms. The summed E-state index contributed by atoms with van der Waals surface area (Å²) in [5.41, 5.74) is 2.48. The van der Waals surface area contributed by atoms with E-state index in [4.69, 9.17) is 16.3 Å². The highest BCUT2D eigenvalue weighted by Crippen LogP contribution is 2.34. The van der Waals surface area contributed by atoms with Gasteiger partial charge in [0.15, 0.2) is 0 Å². The van der Waals surface area contributed by atoms with E-state index in [1.807, 2.05) is 25.1 Å². The number of halogens is 3. The molecule has 0 radical (unpaired) electrons. The standard InChI is InChI=1S/C17H15ClF2O/c1-10-6-13-7-11(3-5-17(13)21-10)15(18)8-12-2-4-14(19)9-16(12)20/h2-5,7,9-10,15H,6,8H2,1H3. The molecular formula is C17H15ClF2O. The van der Waals surface area contributed by atoms with Gasteiger partial charge < -0.3 is 4.74 Å². The van der Waals surface area contributed by atoms with E-state index < -0.39 is 11.6 Å². The van der Waals surface area contributed by atoms with Gasteiger partial charge in [0.1, 0.15) is 23.5 Å². The van der Waals surface area contributed by atoms with Crippen LogP contribution >= 0.6 is 11.6 Å². The van der Waals surface area contributed by atoms with Crippen LogP contribution in [0.3, 0.4) is 0 Å². The smallest absolute Gasteiger partial charge is 0.129 e. The van der Waals surface area contributed by atoms with E-state index in [-0.39, 0.29) is 11.5 Å². The van der Waals surface area contributed by atoms with Crippen LogP contribution in [0.5, 0.6) is 5.75 Å². The second kappa shape index (κ2) is 5.64. The minimum absolute atomic E-state index is 0.179. The number of benzene rings is 2. The molecule has 0 spiro atoms. The maximum Gasteiger partial charge on any atom is 0.129 e. The number of hydrogen-bond acceptors (Lipinski definition) is 1. The number of hydrogen-bond donors (Lipinski definition) is 0. The fourth-order valence-electron chi connectivity index (χ4n) is 2.63. The molecule has 3 rings (SSSR count). The Kier molecular flexibility index (Phi) is 3.85. The lowest BCUT2D eigenvalue weighted by atomic mass is 10.00. The first-order chi connectivity index (χ1) is 10.0. The highest BCUT2D eigenvalue weighted by molar-refractivity contribution is 6.20. The van der Waals surface area contributed by atoms with Crippen molar-refractivity contribution in [2.24, 2.45) is 0 Å². The van der Waals surface area contributed by atoms with Crippen molar-refractivity contribution < 1.29 is 13.5 Å². The molecule has 110 valence electrons. The zero-order chi connectivity index (χ0) is 15.0. The summed E-state index contributed by atoms with van der Waals surface area (Å²) in [6.45, 7) is 2.02. The maximum absolute atomic E-state index is 13.7. The number of fused-ring (bicyclic) bond motifs is 1. The van der Waals surface area contributed by atoms with Crippen LogP contribution in [0, 0.1) is 11.6 Å². The molecule has 1 aliphatic heterocycles. The third kappa shape index (κ3) is 3.03. The summed E-state index contributed by atoms with van der Waals surface area (Å²) in [7, 11) is 0. The van der Waals surface area contributed by atoms with Gasteiger partial charge in [0.2, 0.25) is 0 Å². The Morgan fingerprint density at radius 2 is 2.05 bits per heavy atom. The summed E-state index contributed by atoms with van der Waals surface area (Å²) >= 11 is 6.39. The molecule has 1 nitrogen and oxygen atoms in total.